The topological polar surface area (TPSA) is 38.0 Å². The van der Waals surface area contributed by atoms with Crippen molar-refractivity contribution in [1.29, 1.82) is 0 Å². The predicted molar refractivity (Wildman–Crippen MR) is 72.4 cm³/mol. The Kier molecular flexibility index (Phi) is 4.90. The van der Waals surface area contributed by atoms with Crippen molar-refractivity contribution in [3.63, 3.8) is 0 Å². The molecule has 0 bridgehead atoms. The zero-order chi connectivity index (χ0) is 12.8. The third-order valence-electron chi connectivity index (χ3n) is 3.52. The Hall–Kier alpha value is -1.19. The molecule has 0 aliphatic heterocycles. The maximum absolute atomic E-state index is 12.8. The third kappa shape index (κ3) is 3.93. The van der Waals surface area contributed by atoms with Crippen LogP contribution in [0.2, 0.25) is 0 Å². The molecule has 0 fully saturated rings. The Morgan fingerprint density at radius 1 is 1.17 bits per heavy atom. The van der Waals surface area contributed by atoms with E-state index in [0.717, 1.165) is 18.4 Å². The van der Waals surface area contributed by atoms with Gasteiger partial charge in [0.2, 0.25) is 0 Å². The number of hydrazine groups is 1. The second-order valence-electron chi connectivity index (χ2n) is 5.01. The molecule has 0 radical (unpaired) electrons. The van der Waals surface area contributed by atoms with Gasteiger partial charge in [-0.3, -0.25) is 11.3 Å². The van der Waals surface area contributed by atoms with Gasteiger partial charge in [0, 0.05) is 6.04 Å². The summed E-state index contributed by atoms with van der Waals surface area (Å²) in [4.78, 5) is 0. The van der Waals surface area contributed by atoms with Crippen LogP contribution in [0.3, 0.4) is 0 Å². The van der Waals surface area contributed by atoms with Crippen LogP contribution in [0, 0.1) is 5.82 Å². The lowest BCUT2D eigenvalue weighted by Gasteiger charge is -2.20. The van der Waals surface area contributed by atoms with E-state index in [0.29, 0.717) is 0 Å². The molecule has 0 saturated carbocycles. The predicted octanol–water partition coefficient (Wildman–Crippen LogP) is 3.09. The smallest absolute Gasteiger partial charge is 0.123 e. The molecule has 0 saturated heterocycles. The first kappa shape index (κ1) is 13.2. The van der Waals surface area contributed by atoms with Gasteiger partial charge in [-0.1, -0.05) is 23.8 Å². The highest BCUT2D eigenvalue weighted by molar-refractivity contribution is 5.18. The van der Waals surface area contributed by atoms with Crippen LogP contribution in [0.15, 0.2) is 35.9 Å². The van der Waals surface area contributed by atoms with E-state index in [1.54, 1.807) is 0 Å². The lowest BCUT2D eigenvalue weighted by molar-refractivity contribution is 0.504. The first-order valence-electron chi connectivity index (χ1n) is 6.66. The van der Waals surface area contributed by atoms with Gasteiger partial charge in [0.15, 0.2) is 0 Å². The molecule has 1 unspecified atom stereocenters. The summed E-state index contributed by atoms with van der Waals surface area (Å²) in [6, 6.07) is 6.90. The summed E-state index contributed by atoms with van der Waals surface area (Å²) in [5.74, 6) is 5.43. The molecule has 1 atom stereocenters. The quantitative estimate of drug-likeness (QED) is 0.477. The molecule has 1 aliphatic carbocycles. The van der Waals surface area contributed by atoms with E-state index in [-0.39, 0.29) is 11.9 Å². The van der Waals surface area contributed by atoms with Crippen LogP contribution in [0.4, 0.5) is 4.39 Å². The fraction of sp³-hybridized carbons (Fsp3) is 0.467. The molecule has 1 aliphatic rings. The molecule has 18 heavy (non-hydrogen) atoms. The summed E-state index contributed by atoms with van der Waals surface area (Å²) in [5.41, 5.74) is 5.50. The Bertz CT molecular complexity index is 397. The van der Waals surface area contributed by atoms with Gasteiger partial charge in [0.25, 0.3) is 0 Å². The molecule has 0 aromatic heterocycles. The maximum atomic E-state index is 12.8. The van der Waals surface area contributed by atoms with Crippen molar-refractivity contribution in [2.75, 3.05) is 0 Å². The van der Waals surface area contributed by atoms with Crippen molar-refractivity contribution in [3.8, 4) is 0 Å². The Balaban J connectivity index is 1.92. The molecule has 1 aromatic rings. The number of rotatable bonds is 5. The molecule has 2 nitrogen and oxygen atoms in total. The molecule has 0 heterocycles. The second-order valence-corrected chi connectivity index (χ2v) is 5.01. The van der Waals surface area contributed by atoms with Gasteiger partial charge in [0.05, 0.1) is 0 Å². The zero-order valence-corrected chi connectivity index (χ0v) is 10.7. The summed E-state index contributed by atoms with van der Waals surface area (Å²) in [6.07, 6.45) is 9.17. The second kappa shape index (κ2) is 6.66. The van der Waals surface area contributed by atoms with Crippen LogP contribution in [0.25, 0.3) is 0 Å². The van der Waals surface area contributed by atoms with E-state index >= 15 is 0 Å². The summed E-state index contributed by atoms with van der Waals surface area (Å²) in [6.45, 7) is 0. The van der Waals surface area contributed by atoms with Crippen molar-refractivity contribution in [3.05, 3.63) is 47.3 Å². The van der Waals surface area contributed by atoms with Crippen molar-refractivity contribution in [2.24, 2.45) is 5.84 Å². The average molecular weight is 248 g/mol. The lowest BCUT2D eigenvalue weighted by Crippen LogP contribution is -2.37. The largest absolute Gasteiger partial charge is 0.271 e. The van der Waals surface area contributed by atoms with E-state index in [1.165, 1.54) is 43.4 Å². The molecular formula is C15H21FN2. The van der Waals surface area contributed by atoms with Crippen molar-refractivity contribution in [2.45, 2.75) is 44.6 Å². The molecule has 98 valence electrons. The molecule has 3 N–H and O–H groups in total. The highest BCUT2D eigenvalue weighted by Crippen LogP contribution is 2.22. The van der Waals surface area contributed by atoms with Crippen LogP contribution < -0.4 is 11.3 Å². The maximum Gasteiger partial charge on any atom is 0.123 e. The lowest BCUT2D eigenvalue weighted by atomic mass is 9.92. The first-order chi connectivity index (χ1) is 8.78. The monoisotopic (exact) mass is 248 g/mol. The normalized spacial score (nSPS) is 17.3. The van der Waals surface area contributed by atoms with Gasteiger partial charge in [-0.15, -0.1) is 0 Å². The number of hydrogen-bond donors (Lipinski definition) is 2. The van der Waals surface area contributed by atoms with Gasteiger partial charge in [-0.2, -0.15) is 0 Å². The minimum Gasteiger partial charge on any atom is -0.271 e. The van der Waals surface area contributed by atoms with Gasteiger partial charge in [-0.25, -0.2) is 4.39 Å². The minimum absolute atomic E-state index is 0.189. The molecule has 1 aromatic carbocycles. The summed E-state index contributed by atoms with van der Waals surface area (Å²) < 4.78 is 12.8. The van der Waals surface area contributed by atoms with Crippen LogP contribution >= 0.6 is 0 Å². The van der Waals surface area contributed by atoms with Crippen molar-refractivity contribution in [1.82, 2.24) is 5.43 Å². The van der Waals surface area contributed by atoms with Gasteiger partial charge >= 0.3 is 0 Å². The van der Waals surface area contributed by atoms with Gasteiger partial charge in [0.1, 0.15) is 5.82 Å². The molecular weight excluding hydrogens is 227 g/mol. The van der Waals surface area contributed by atoms with E-state index in [2.05, 4.69) is 11.5 Å². The van der Waals surface area contributed by atoms with Crippen LogP contribution in [0.5, 0.6) is 0 Å². The highest BCUT2D eigenvalue weighted by Gasteiger charge is 2.12. The third-order valence-corrected chi connectivity index (χ3v) is 3.52. The van der Waals surface area contributed by atoms with E-state index < -0.39 is 0 Å². The fourth-order valence-corrected chi connectivity index (χ4v) is 2.50. The number of hydrogen-bond acceptors (Lipinski definition) is 2. The molecule has 3 heteroatoms. The minimum atomic E-state index is -0.189. The van der Waals surface area contributed by atoms with Crippen molar-refractivity contribution < 1.29 is 4.39 Å². The average Bonchev–Trinajstić information content (AvgIpc) is 2.41. The number of nitrogens with one attached hydrogen (secondary N) is 1. The SMILES string of the molecule is NNC(CC1=CCCCC1)Cc1ccc(F)cc1. The Morgan fingerprint density at radius 3 is 2.56 bits per heavy atom. The first-order valence-corrected chi connectivity index (χ1v) is 6.66. The van der Waals surface area contributed by atoms with Gasteiger partial charge < -0.3 is 0 Å². The molecule has 0 spiro atoms. The number of halogens is 1. The Morgan fingerprint density at radius 2 is 1.94 bits per heavy atom. The fourth-order valence-electron chi connectivity index (χ4n) is 2.50. The van der Waals surface area contributed by atoms with Crippen molar-refractivity contribution >= 4 is 0 Å². The zero-order valence-electron chi connectivity index (χ0n) is 10.7. The van der Waals surface area contributed by atoms with Crippen LogP contribution in [-0.4, -0.2) is 6.04 Å². The van der Waals surface area contributed by atoms with E-state index in [9.17, 15) is 4.39 Å². The highest BCUT2D eigenvalue weighted by atomic mass is 19.1. The summed E-state index contributed by atoms with van der Waals surface area (Å²) in [5, 5.41) is 0. The number of benzene rings is 1. The summed E-state index contributed by atoms with van der Waals surface area (Å²) >= 11 is 0. The molecule has 2 rings (SSSR count). The standard InChI is InChI=1S/C15H21FN2/c16-14-8-6-13(7-9-14)11-15(18-17)10-12-4-2-1-3-5-12/h4,6-9,15,18H,1-3,5,10-11,17H2. The van der Waals surface area contributed by atoms with Gasteiger partial charge in [-0.05, 0) is 56.2 Å². The number of allylic oxidation sites excluding steroid dienone is 1. The van der Waals surface area contributed by atoms with E-state index in [1.807, 2.05) is 12.1 Å². The van der Waals surface area contributed by atoms with Crippen LogP contribution in [0.1, 0.15) is 37.7 Å². The van der Waals surface area contributed by atoms with E-state index in [4.69, 9.17) is 5.84 Å². The summed E-state index contributed by atoms with van der Waals surface area (Å²) in [7, 11) is 0. The van der Waals surface area contributed by atoms with Crippen LogP contribution in [-0.2, 0) is 6.42 Å². The molecule has 0 amide bonds. The number of nitrogens with two attached hydrogens (primary N) is 1. The Labute approximate surface area is 108 Å².